The summed E-state index contributed by atoms with van der Waals surface area (Å²) in [4.78, 5) is 61.9. The van der Waals surface area contributed by atoms with E-state index in [1.165, 1.54) is 18.4 Å². The summed E-state index contributed by atoms with van der Waals surface area (Å²) in [6, 6.07) is 12.1. The van der Waals surface area contributed by atoms with Crippen molar-refractivity contribution in [1.82, 2.24) is 25.8 Å². The van der Waals surface area contributed by atoms with Crippen LogP contribution in [0.25, 0.3) is 10.8 Å². The summed E-state index contributed by atoms with van der Waals surface area (Å²) in [5.74, 6) is -2.82. The first-order chi connectivity index (χ1) is 27.0. The normalized spacial score (nSPS) is 18.1. The van der Waals surface area contributed by atoms with E-state index in [2.05, 4.69) is 20.9 Å². The summed E-state index contributed by atoms with van der Waals surface area (Å²) in [6.45, 7) is 5.43. The van der Waals surface area contributed by atoms with Crippen molar-refractivity contribution in [1.29, 1.82) is 0 Å². The van der Waals surface area contributed by atoms with Gasteiger partial charge in [-0.15, -0.1) is 11.3 Å². The molecule has 1 aromatic heterocycles. The molecule has 2 aliphatic rings. The molecule has 56 heavy (non-hydrogen) atoms. The highest BCUT2D eigenvalue weighted by Crippen LogP contribution is 2.33. The molecule has 13 heteroatoms. The molecule has 1 saturated carbocycles. The van der Waals surface area contributed by atoms with Crippen molar-refractivity contribution < 1.29 is 34.1 Å². The van der Waals surface area contributed by atoms with Crippen molar-refractivity contribution >= 4 is 45.7 Å². The second kappa shape index (κ2) is 21.0. The Morgan fingerprint density at radius 2 is 1.66 bits per heavy atom. The summed E-state index contributed by atoms with van der Waals surface area (Å²) in [7, 11) is 1.52. The predicted molar refractivity (Wildman–Crippen MR) is 218 cm³/mol. The summed E-state index contributed by atoms with van der Waals surface area (Å²) < 4.78 is 5.46. The molecule has 5 rings (SSSR count). The van der Waals surface area contributed by atoms with E-state index in [0.717, 1.165) is 48.4 Å². The van der Waals surface area contributed by atoms with Crippen LogP contribution in [0.3, 0.4) is 0 Å². The molecular formula is C43H61N5O7S. The maximum atomic E-state index is 14.5. The minimum absolute atomic E-state index is 0.0399. The van der Waals surface area contributed by atoms with Gasteiger partial charge in [0.1, 0.15) is 6.04 Å². The number of ether oxygens (including phenoxy) is 1. The van der Waals surface area contributed by atoms with Crippen molar-refractivity contribution in [2.24, 2.45) is 17.8 Å². The zero-order chi connectivity index (χ0) is 40.1. The number of carbonyl (C=O) groups excluding carboxylic acids is 4. The molecule has 2 aromatic carbocycles. The van der Waals surface area contributed by atoms with Gasteiger partial charge in [-0.2, -0.15) is 0 Å². The Bertz CT molecular complexity index is 1720. The second-order valence-corrected chi connectivity index (χ2v) is 16.3. The zero-order valence-corrected chi connectivity index (χ0v) is 34.0. The number of aliphatic hydroxyl groups is 2. The topological polar surface area (TPSA) is 170 Å². The highest BCUT2D eigenvalue weighted by Gasteiger charge is 2.42. The number of nitrogens with one attached hydrogen (secondary N) is 3. The van der Waals surface area contributed by atoms with Crippen LogP contribution < -0.4 is 16.0 Å². The minimum Gasteiger partial charge on any atom is -0.391 e. The molecule has 1 aliphatic heterocycles. The summed E-state index contributed by atoms with van der Waals surface area (Å²) in [5.41, 5.74) is 1.90. The van der Waals surface area contributed by atoms with Gasteiger partial charge in [0.2, 0.25) is 23.6 Å². The molecule has 1 aliphatic carbocycles. The number of rotatable bonds is 19. The van der Waals surface area contributed by atoms with Gasteiger partial charge in [0.25, 0.3) is 0 Å². The lowest BCUT2D eigenvalue weighted by atomic mass is 9.76. The van der Waals surface area contributed by atoms with E-state index in [-0.39, 0.29) is 43.4 Å². The molecule has 4 amide bonds. The Labute approximate surface area is 335 Å². The van der Waals surface area contributed by atoms with Crippen LogP contribution in [0.15, 0.2) is 53.4 Å². The number of nitrogens with zero attached hydrogens (tertiary/aromatic N) is 2. The van der Waals surface area contributed by atoms with Gasteiger partial charge in [-0.3, -0.25) is 19.2 Å². The lowest BCUT2D eigenvalue weighted by Gasteiger charge is -2.37. The number of benzene rings is 2. The highest BCUT2D eigenvalue weighted by molar-refractivity contribution is 7.07. The van der Waals surface area contributed by atoms with Crippen LogP contribution >= 0.6 is 11.3 Å². The van der Waals surface area contributed by atoms with E-state index in [0.29, 0.717) is 51.3 Å². The van der Waals surface area contributed by atoms with Gasteiger partial charge in [-0.05, 0) is 54.4 Å². The Morgan fingerprint density at radius 1 is 0.946 bits per heavy atom. The fourth-order valence-corrected chi connectivity index (χ4v) is 9.03. The fraction of sp³-hybridized carbons (Fsp3) is 0.605. The first-order valence-electron chi connectivity index (χ1n) is 20.5. The average molecular weight is 792 g/mol. The Kier molecular flexibility index (Phi) is 16.2. The Morgan fingerprint density at radius 3 is 2.34 bits per heavy atom. The molecule has 2 heterocycles. The van der Waals surface area contributed by atoms with Gasteiger partial charge in [-0.25, -0.2) is 4.98 Å². The molecule has 2 fully saturated rings. The molecule has 3 aromatic rings. The quantitative estimate of drug-likeness (QED) is 0.118. The van der Waals surface area contributed by atoms with Crippen LogP contribution in [0.4, 0.5) is 0 Å². The van der Waals surface area contributed by atoms with Crippen LogP contribution in [0.2, 0.25) is 0 Å². The first kappa shape index (κ1) is 43.2. The number of hydrogen-bond donors (Lipinski definition) is 5. The van der Waals surface area contributed by atoms with E-state index < -0.39 is 47.4 Å². The van der Waals surface area contributed by atoms with Gasteiger partial charge in [0.15, 0.2) is 0 Å². The van der Waals surface area contributed by atoms with Gasteiger partial charge in [-0.1, -0.05) is 88.4 Å². The minimum atomic E-state index is -1.33. The van der Waals surface area contributed by atoms with Crippen LogP contribution in [-0.4, -0.2) is 101 Å². The number of morpholine rings is 1. The zero-order valence-electron chi connectivity index (χ0n) is 33.2. The fourth-order valence-electron chi connectivity index (χ4n) is 8.46. The second-order valence-electron chi connectivity index (χ2n) is 15.6. The standard InChI is InChI=1S/C43H61N5O7S/c1-4-43(54,5-2)35(41(52)44-3)26-38(49)36(22-29-12-7-6-8-13-29)46-42(53)37(25-33-27-56-28-45-33)47-40(51)32(24-39(50)48-18-20-55-21-19-48)23-31-16-11-15-30-14-9-10-17-34(30)31/h9-11,14-17,27-29,32,35-38,49,54H,4-8,12-13,18-26H2,1-3H3,(H,44,52)(H,46,53)(H,47,51). The predicted octanol–water partition coefficient (Wildman–Crippen LogP) is 4.55. The number of aromatic nitrogens is 1. The monoisotopic (exact) mass is 791 g/mol. The molecule has 5 N–H and O–H groups in total. The number of thiazole rings is 1. The number of fused-ring (bicyclic) bond motifs is 1. The number of hydrogen-bond acceptors (Lipinski definition) is 9. The third kappa shape index (κ3) is 11.6. The third-order valence-corrected chi connectivity index (χ3v) is 12.7. The first-order valence-corrected chi connectivity index (χ1v) is 21.4. The van der Waals surface area contributed by atoms with Crippen molar-refractivity contribution in [3.63, 3.8) is 0 Å². The van der Waals surface area contributed by atoms with E-state index in [4.69, 9.17) is 4.74 Å². The molecule has 5 atom stereocenters. The number of amides is 4. The van der Waals surface area contributed by atoms with Crippen LogP contribution in [-0.2, 0) is 36.8 Å². The maximum absolute atomic E-state index is 14.5. The van der Waals surface area contributed by atoms with Crippen molar-refractivity contribution in [3.8, 4) is 0 Å². The van der Waals surface area contributed by atoms with Gasteiger partial charge >= 0.3 is 0 Å². The van der Waals surface area contributed by atoms with Gasteiger partial charge in [0, 0.05) is 38.4 Å². The molecule has 0 radical (unpaired) electrons. The van der Waals surface area contributed by atoms with Crippen LogP contribution in [0.5, 0.6) is 0 Å². The number of carbonyl (C=O) groups is 4. The van der Waals surface area contributed by atoms with E-state index in [9.17, 15) is 29.4 Å². The van der Waals surface area contributed by atoms with Crippen molar-refractivity contribution in [2.75, 3.05) is 33.4 Å². The molecule has 0 spiro atoms. The summed E-state index contributed by atoms with van der Waals surface area (Å²) in [5, 5.41) is 36.0. The largest absolute Gasteiger partial charge is 0.391 e. The molecular weight excluding hydrogens is 731 g/mol. The summed E-state index contributed by atoms with van der Waals surface area (Å²) >= 11 is 1.39. The summed E-state index contributed by atoms with van der Waals surface area (Å²) in [6.07, 6.45) is 5.53. The van der Waals surface area contributed by atoms with Crippen LogP contribution in [0, 0.1) is 17.8 Å². The lowest BCUT2D eigenvalue weighted by Crippen LogP contribution is -2.56. The average Bonchev–Trinajstić information content (AvgIpc) is 3.75. The SMILES string of the molecule is CCC(O)(CC)C(CC(O)C(CC1CCCCC1)NC(=O)C(Cc1cscn1)NC(=O)C(CC(=O)N1CCOCC1)Cc1cccc2ccccc12)C(=O)NC. The maximum Gasteiger partial charge on any atom is 0.243 e. The molecule has 5 unspecified atom stereocenters. The van der Waals surface area contributed by atoms with Crippen molar-refractivity contribution in [2.45, 2.75) is 115 Å². The third-order valence-electron chi connectivity index (χ3n) is 12.0. The van der Waals surface area contributed by atoms with E-state index >= 15 is 0 Å². The molecule has 1 saturated heterocycles. The van der Waals surface area contributed by atoms with Gasteiger partial charge in [0.05, 0.1) is 54.0 Å². The van der Waals surface area contributed by atoms with Crippen LogP contribution in [0.1, 0.15) is 89.3 Å². The highest BCUT2D eigenvalue weighted by atomic mass is 32.1. The van der Waals surface area contributed by atoms with Gasteiger partial charge < -0.3 is 35.8 Å². The van der Waals surface area contributed by atoms with E-state index in [1.807, 2.05) is 61.7 Å². The lowest BCUT2D eigenvalue weighted by molar-refractivity contribution is -0.140. The Balaban J connectivity index is 1.42. The molecule has 306 valence electrons. The molecule has 0 bridgehead atoms. The van der Waals surface area contributed by atoms with Crippen molar-refractivity contribution in [3.05, 3.63) is 64.6 Å². The molecule has 12 nitrogen and oxygen atoms in total. The number of aliphatic hydroxyl groups excluding tert-OH is 1. The Hall–Kier alpha value is -3.91. The van der Waals surface area contributed by atoms with E-state index in [1.54, 1.807) is 10.4 Å². The smallest absolute Gasteiger partial charge is 0.243 e.